The van der Waals surface area contributed by atoms with Gasteiger partial charge in [0.2, 0.25) is 0 Å². The molecule has 0 bridgehead atoms. The van der Waals surface area contributed by atoms with Crippen molar-refractivity contribution in [1.82, 2.24) is 5.06 Å². The second-order valence-electron chi connectivity index (χ2n) is 6.36. The molecule has 1 aromatic carbocycles. The lowest BCUT2D eigenvalue weighted by atomic mass is 9.81. The maximum atomic E-state index is 10.0. The summed E-state index contributed by atoms with van der Waals surface area (Å²) in [5.74, 6) is 1.06. The molecule has 0 aliphatic carbocycles. The van der Waals surface area contributed by atoms with Crippen molar-refractivity contribution in [3.05, 3.63) is 29.3 Å². The van der Waals surface area contributed by atoms with Crippen LogP contribution in [0.5, 0.6) is 0 Å². The Labute approximate surface area is 114 Å². The first-order chi connectivity index (χ1) is 8.25. The number of hydroxylamine groups is 2. The minimum absolute atomic E-state index is 0.145. The average Bonchev–Trinajstić information content (AvgIpc) is 2.27. The number of benzene rings is 1. The second-order valence-corrected chi connectivity index (χ2v) is 7.49. The molecule has 0 aromatic heterocycles. The van der Waals surface area contributed by atoms with Gasteiger partial charge in [0.25, 0.3) is 0 Å². The van der Waals surface area contributed by atoms with E-state index in [9.17, 15) is 5.21 Å². The standard InChI is InChI=1S/C15H23NOS/c1-14(2,3)11-6-7-13-12(10-11)15(4,16(5)17)8-9-18-13/h6-7,10,17H,8-9H2,1-5H3. The fourth-order valence-corrected chi connectivity index (χ4v) is 3.69. The van der Waals surface area contributed by atoms with E-state index in [0.29, 0.717) is 0 Å². The highest BCUT2D eigenvalue weighted by Gasteiger charge is 2.36. The van der Waals surface area contributed by atoms with Gasteiger partial charge in [0, 0.05) is 17.7 Å². The van der Waals surface area contributed by atoms with Crippen molar-refractivity contribution >= 4 is 11.8 Å². The Morgan fingerprint density at radius 3 is 2.56 bits per heavy atom. The molecule has 100 valence electrons. The molecule has 1 aliphatic rings. The van der Waals surface area contributed by atoms with Gasteiger partial charge in [-0.15, -0.1) is 11.8 Å². The van der Waals surface area contributed by atoms with E-state index in [1.54, 1.807) is 7.05 Å². The molecule has 1 atom stereocenters. The third-order valence-corrected chi connectivity index (χ3v) is 5.06. The lowest BCUT2D eigenvalue weighted by Gasteiger charge is -2.40. The fraction of sp³-hybridized carbons (Fsp3) is 0.600. The molecule has 1 unspecified atom stereocenters. The molecule has 1 aliphatic heterocycles. The summed E-state index contributed by atoms with van der Waals surface area (Å²) in [4.78, 5) is 1.30. The van der Waals surface area contributed by atoms with E-state index in [1.165, 1.54) is 21.1 Å². The van der Waals surface area contributed by atoms with Gasteiger partial charge in [-0.25, -0.2) is 0 Å². The van der Waals surface area contributed by atoms with Gasteiger partial charge in [0.1, 0.15) is 0 Å². The molecule has 0 spiro atoms. The zero-order chi connectivity index (χ0) is 13.6. The first-order valence-electron chi connectivity index (χ1n) is 6.46. The van der Waals surface area contributed by atoms with Crippen LogP contribution >= 0.6 is 11.8 Å². The topological polar surface area (TPSA) is 23.5 Å². The number of hydrogen-bond donors (Lipinski definition) is 1. The van der Waals surface area contributed by atoms with Crippen LogP contribution in [0.4, 0.5) is 0 Å². The van der Waals surface area contributed by atoms with Crippen LogP contribution in [0.1, 0.15) is 45.2 Å². The van der Waals surface area contributed by atoms with Crippen molar-refractivity contribution in [1.29, 1.82) is 0 Å². The van der Waals surface area contributed by atoms with E-state index in [0.717, 1.165) is 12.2 Å². The number of nitrogens with zero attached hydrogens (tertiary/aromatic N) is 1. The fourth-order valence-electron chi connectivity index (χ4n) is 2.37. The van der Waals surface area contributed by atoms with E-state index in [-0.39, 0.29) is 11.0 Å². The molecule has 2 nitrogen and oxygen atoms in total. The van der Waals surface area contributed by atoms with E-state index in [4.69, 9.17) is 0 Å². The highest BCUT2D eigenvalue weighted by molar-refractivity contribution is 7.99. The summed E-state index contributed by atoms with van der Waals surface area (Å²) in [6.07, 6.45) is 0.977. The SMILES string of the molecule is CN(O)C1(C)CCSc2ccc(C(C)(C)C)cc21. The molecule has 0 amide bonds. The van der Waals surface area contributed by atoms with Crippen LogP contribution < -0.4 is 0 Å². The first kappa shape index (κ1) is 13.9. The molecule has 1 N–H and O–H groups in total. The largest absolute Gasteiger partial charge is 0.313 e. The molecular formula is C15H23NOS. The summed E-state index contributed by atoms with van der Waals surface area (Å²) in [5, 5.41) is 11.4. The van der Waals surface area contributed by atoms with Crippen LogP contribution in [0.25, 0.3) is 0 Å². The molecule has 0 radical (unpaired) electrons. The van der Waals surface area contributed by atoms with Crippen molar-refractivity contribution in [3.63, 3.8) is 0 Å². The van der Waals surface area contributed by atoms with Gasteiger partial charge in [-0.1, -0.05) is 32.9 Å². The van der Waals surface area contributed by atoms with Gasteiger partial charge in [-0.2, -0.15) is 5.06 Å². The Morgan fingerprint density at radius 1 is 1.33 bits per heavy atom. The average molecular weight is 265 g/mol. The predicted molar refractivity (Wildman–Crippen MR) is 77.4 cm³/mol. The van der Waals surface area contributed by atoms with Gasteiger partial charge in [0.05, 0.1) is 5.54 Å². The zero-order valence-corrected chi connectivity index (χ0v) is 12.8. The van der Waals surface area contributed by atoms with Gasteiger partial charge >= 0.3 is 0 Å². The van der Waals surface area contributed by atoms with Gasteiger partial charge in [-0.3, -0.25) is 0 Å². The molecule has 1 aromatic rings. The second kappa shape index (κ2) is 4.55. The molecule has 0 fully saturated rings. The van der Waals surface area contributed by atoms with Crippen molar-refractivity contribution in [2.45, 2.75) is 50.0 Å². The summed E-state index contributed by atoms with van der Waals surface area (Å²) >= 11 is 1.89. The Hall–Kier alpha value is -0.510. The zero-order valence-electron chi connectivity index (χ0n) is 11.9. The van der Waals surface area contributed by atoms with Crippen LogP contribution in [0, 0.1) is 0 Å². The monoisotopic (exact) mass is 265 g/mol. The van der Waals surface area contributed by atoms with Crippen LogP contribution in [-0.4, -0.2) is 23.1 Å². The number of thioether (sulfide) groups is 1. The maximum Gasteiger partial charge on any atom is 0.0696 e. The van der Waals surface area contributed by atoms with Crippen molar-refractivity contribution in [2.75, 3.05) is 12.8 Å². The van der Waals surface area contributed by atoms with Crippen LogP contribution in [0.3, 0.4) is 0 Å². The maximum absolute atomic E-state index is 10.0. The summed E-state index contributed by atoms with van der Waals surface area (Å²) < 4.78 is 0. The highest BCUT2D eigenvalue weighted by atomic mass is 32.2. The molecule has 3 heteroatoms. The molecule has 18 heavy (non-hydrogen) atoms. The smallest absolute Gasteiger partial charge is 0.0696 e. The highest BCUT2D eigenvalue weighted by Crippen LogP contribution is 2.44. The summed E-state index contributed by atoms with van der Waals surface area (Å²) in [6.45, 7) is 8.80. The van der Waals surface area contributed by atoms with E-state index < -0.39 is 0 Å². The number of fused-ring (bicyclic) bond motifs is 1. The minimum Gasteiger partial charge on any atom is -0.313 e. The van der Waals surface area contributed by atoms with Gasteiger partial charge < -0.3 is 5.21 Å². The summed E-state index contributed by atoms with van der Waals surface area (Å²) in [6, 6.07) is 6.70. The van der Waals surface area contributed by atoms with Crippen LogP contribution in [0.15, 0.2) is 23.1 Å². The summed E-state index contributed by atoms with van der Waals surface area (Å²) in [7, 11) is 1.75. The predicted octanol–water partition coefficient (Wildman–Crippen LogP) is 4.02. The molecule has 1 heterocycles. The Balaban J connectivity index is 2.55. The van der Waals surface area contributed by atoms with E-state index in [1.807, 2.05) is 11.8 Å². The third-order valence-electron chi connectivity index (χ3n) is 3.99. The Morgan fingerprint density at radius 2 is 2.00 bits per heavy atom. The Bertz CT molecular complexity index is 450. The lowest BCUT2D eigenvalue weighted by Crippen LogP contribution is -2.41. The molecular weight excluding hydrogens is 242 g/mol. The van der Waals surface area contributed by atoms with Crippen LogP contribution in [0.2, 0.25) is 0 Å². The van der Waals surface area contributed by atoms with Crippen LogP contribution in [-0.2, 0) is 11.0 Å². The van der Waals surface area contributed by atoms with Crippen molar-refractivity contribution in [3.8, 4) is 0 Å². The van der Waals surface area contributed by atoms with Gasteiger partial charge in [-0.05, 0) is 36.0 Å². The quantitative estimate of drug-likeness (QED) is 0.776. The number of hydrogen-bond acceptors (Lipinski definition) is 3. The number of rotatable bonds is 1. The van der Waals surface area contributed by atoms with E-state index >= 15 is 0 Å². The normalized spacial score (nSPS) is 24.2. The lowest BCUT2D eigenvalue weighted by molar-refractivity contribution is -0.153. The molecule has 0 saturated carbocycles. The molecule has 2 rings (SSSR count). The Kier molecular flexibility index (Phi) is 3.52. The van der Waals surface area contributed by atoms with E-state index in [2.05, 4.69) is 45.9 Å². The minimum atomic E-state index is -0.262. The molecule has 0 saturated heterocycles. The summed E-state index contributed by atoms with van der Waals surface area (Å²) in [5.41, 5.74) is 2.47. The third kappa shape index (κ3) is 2.31. The van der Waals surface area contributed by atoms with Crippen molar-refractivity contribution < 1.29 is 5.21 Å². The van der Waals surface area contributed by atoms with Gasteiger partial charge in [0.15, 0.2) is 0 Å². The first-order valence-corrected chi connectivity index (χ1v) is 7.44. The van der Waals surface area contributed by atoms with Crippen molar-refractivity contribution in [2.24, 2.45) is 0 Å².